The molecule has 0 fully saturated rings. The summed E-state index contributed by atoms with van der Waals surface area (Å²) in [5.41, 5.74) is 1.66. The number of carbonyl (C=O) groups excluding carboxylic acids is 1. The minimum Gasteiger partial charge on any atom is -0.454 e. The molecule has 5 heteroatoms. The van der Waals surface area contributed by atoms with Crippen LogP contribution in [-0.2, 0) is 16.1 Å². The maximum absolute atomic E-state index is 11.6. The fraction of sp³-hybridized carbons (Fsp3) is 0.125. The van der Waals surface area contributed by atoms with Crippen molar-refractivity contribution in [2.45, 2.75) is 6.42 Å². The summed E-state index contributed by atoms with van der Waals surface area (Å²) in [6.45, 7) is 0.224. The summed E-state index contributed by atoms with van der Waals surface area (Å²) in [6, 6.07) is 14.7. The van der Waals surface area contributed by atoms with Crippen molar-refractivity contribution in [2.75, 3.05) is 6.79 Å². The Morgan fingerprint density at radius 3 is 2.81 bits per heavy atom. The highest BCUT2D eigenvalue weighted by atomic mass is 16.7. The van der Waals surface area contributed by atoms with Gasteiger partial charge in [0.1, 0.15) is 0 Å². The summed E-state index contributed by atoms with van der Waals surface area (Å²) in [5.74, 6) is 0.959. The molecule has 1 heterocycles. The van der Waals surface area contributed by atoms with Crippen LogP contribution in [0.4, 0.5) is 0 Å². The molecule has 2 aromatic carbocycles. The third-order valence-corrected chi connectivity index (χ3v) is 2.94. The van der Waals surface area contributed by atoms with Gasteiger partial charge in [0.25, 0.3) is 0 Å². The third kappa shape index (κ3) is 3.39. The van der Waals surface area contributed by atoms with Gasteiger partial charge >= 0.3 is 5.97 Å². The molecule has 3 rings (SSSR count). The van der Waals surface area contributed by atoms with E-state index in [2.05, 4.69) is 5.16 Å². The molecule has 0 aromatic heterocycles. The van der Waals surface area contributed by atoms with Crippen molar-refractivity contribution in [1.82, 2.24) is 0 Å². The zero-order valence-electron chi connectivity index (χ0n) is 11.2. The van der Waals surface area contributed by atoms with Gasteiger partial charge in [-0.05, 0) is 23.8 Å². The van der Waals surface area contributed by atoms with Gasteiger partial charge in [0.15, 0.2) is 11.5 Å². The molecule has 0 atom stereocenters. The van der Waals surface area contributed by atoms with Crippen molar-refractivity contribution in [3.05, 3.63) is 59.7 Å². The highest BCUT2D eigenvalue weighted by Crippen LogP contribution is 2.31. The smallest absolute Gasteiger partial charge is 0.339 e. The Labute approximate surface area is 121 Å². The molecule has 0 bridgehead atoms. The van der Waals surface area contributed by atoms with E-state index in [1.807, 2.05) is 36.4 Å². The molecule has 106 valence electrons. The summed E-state index contributed by atoms with van der Waals surface area (Å²) >= 11 is 0. The predicted octanol–water partition coefficient (Wildman–Crippen LogP) is 2.54. The number of benzene rings is 2. The molecular weight excluding hydrogens is 270 g/mol. The number of rotatable bonds is 4. The van der Waals surface area contributed by atoms with Crippen molar-refractivity contribution in [1.29, 1.82) is 0 Å². The van der Waals surface area contributed by atoms with E-state index in [4.69, 9.17) is 14.3 Å². The van der Waals surface area contributed by atoms with Gasteiger partial charge in [-0.15, -0.1) is 0 Å². The average molecular weight is 283 g/mol. The molecule has 1 aliphatic rings. The standard InChI is InChI=1S/C16H13NO4/c18-16(9-12-4-2-1-3-5-12)21-17-10-13-6-7-14-15(8-13)20-11-19-14/h1-8,10H,9,11H2. The number of hydrogen-bond acceptors (Lipinski definition) is 5. The van der Waals surface area contributed by atoms with Crippen LogP contribution in [0, 0.1) is 0 Å². The second kappa shape index (κ2) is 6.09. The van der Waals surface area contributed by atoms with Crippen molar-refractivity contribution in [2.24, 2.45) is 5.16 Å². The molecule has 1 aliphatic heterocycles. The lowest BCUT2D eigenvalue weighted by molar-refractivity contribution is -0.142. The lowest BCUT2D eigenvalue weighted by atomic mass is 10.2. The van der Waals surface area contributed by atoms with Crippen LogP contribution in [0.2, 0.25) is 0 Å². The van der Waals surface area contributed by atoms with Crippen molar-refractivity contribution < 1.29 is 19.1 Å². The Kier molecular flexibility index (Phi) is 3.82. The van der Waals surface area contributed by atoms with Gasteiger partial charge in [0, 0.05) is 5.56 Å². The van der Waals surface area contributed by atoms with E-state index in [9.17, 15) is 4.79 Å². The van der Waals surface area contributed by atoms with Gasteiger partial charge in [-0.3, -0.25) is 0 Å². The van der Waals surface area contributed by atoms with Crippen LogP contribution in [-0.4, -0.2) is 19.0 Å². The monoisotopic (exact) mass is 283 g/mol. The molecule has 0 radical (unpaired) electrons. The second-order valence-electron chi connectivity index (χ2n) is 4.47. The number of oxime groups is 1. The number of nitrogens with zero attached hydrogens (tertiary/aromatic N) is 1. The molecule has 21 heavy (non-hydrogen) atoms. The van der Waals surface area contributed by atoms with Gasteiger partial charge in [0.2, 0.25) is 6.79 Å². The summed E-state index contributed by atoms with van der Waals surface area (Å²) in [7, 11) is 0. The van der Waals surface area contributed by atoms with Crippen LogP contribution in [0.25, 0.3) is 0 Å². The Morgan fingerprint density at radius 1 is 1.14 bits per heavy atom. The molecule has 5 nitrogen and oxygen atoms in total. The largest absolute Gasteiger partial charge is 0.454 e. The topological polar surface area (TPSA) is 57.1 Å². The molecule has 0 unspecified atom stereocenters. The summed E-state index contributed by atoms with van der Waals surface area (Å²) < 4.78 is 10.5. The first-order chi connectivity index (χ1) is 10.3. The molecule has 0 aliphatic carbocycles. The number of hydrogen-bond donors (Lipinski definition) is 0. The number of ether oxygens (including phenoxy) is 2. The minimum absolute atomic E-state index is 0.194. The average Bonchev–Trinajstić information content (AvgIpc) is 2.96. The number of fused-ring (bicyclic) bond motifs is 1. The van der Waals surface area contributed by atoms with Gasteiger partial charge in [-0.2, -0.15) is 0 Å². The highest BCUT2D eigenvalue weighted by molar-refractivity contribution is 5.81. The Balaban J connectivity index is 1.56. The highest BCUT2D eigenvalue weighted by Gasteiger charge is 2.12. The first-order valence-electron chi connectivity index (χ1n) is 6.48. The van der Waals surface area contributed by atoms with Gasteiger partial charge in [-0.1, -0.05) is 35.5 Å². The van der Waals surface area contributed by atoms with Gasteiger partial charge in [0.05, 0.1) is 12.6 Å². The van der Waals surface area contributed by atoms with Crippen molar-refractivity contribution in [3.8, 4) is 11.5 Å². The fourth-order valence-electron chi connectivity index (χ4n) is 1.93. The first kappa shape index (κ1) is 13.2. The van der Waals surface area contributed by atoms with E-state index in [1.165, 1.54) is 6.21 Å². The molecule has 0 spiro atoms. The molecule has 0 N–H and O–H groups in total. The minimum atomic E-state index is -0.404. The zero-order chi connectivity index (χ0) is 14.5. The SMILES string of the molecule is O=C(Cc1ccccc1)ON=Cc1ccc2c(c1)OCO2. The molecule has 2 aromatic rings. The fourth-order valence-corrected chi connectivity index (χ4v) is 1.93. The van der Waals surface area contributed by atoms with Gasteiger partial charge < -0.3 is 14.3 Å². The summed E-state index contributed by atoms with van der Waals surface area (Å²) in [6.07, 6.45) is 1.66. The Bertz CT molecular complexity index is 667. The van der Waals surface area contributed by atoms with Crippen LogP contribution in [0.15, 0.2) is 53.7 Å². The lowest BCUT2D eigenvalue weighted by Gasteiger charge is -1.99. The van der Waals surface area contributed by atoms with E-state index in [1.54, 1.807) is 12.1 Å². The second-order valence-corrected chi connectivity index (χ2v) is 4.47. The van der Waals surface area contributed by atoms with E-state index >= 15 is 0 Å². The molecule has 0 saturated heterocycles. The van der Waals surface area contributed by atoms with Crippen LogP contribution < -0.4 is 9.47 Å². The summed E-state index contributed by atoms with van der Waals surface area (Å²) in [4.78, 5) is 16.4. The third-order valence-electron chi connectivity index (χ3n) is 2.94. The Hall–Kier alpha value is -2.82. The maximum Gasteiger partial charge on any atom is 0.339 e. The Morgan fingerprint density at radius 2 is 1.95 bits per heavy atom. The maximum atomic E-state index is 11.6. The first-order valence-corrected chi connectivity index (χ1v) is 6.48. The van der Waals surface area contributed by atoms with Crippen LogP contribution in [0.1, 0.15) is 11.1 Å². The van der Waals surface area contributed by atoms with E-state index in [0.29, 0.717) is 11.5 Å². The van der Waals surface area contributed by atoms with E-state index in [0.717, 1.165) is 11.1 Å². The van der Waals surface area contributed by atoms with Crippen molar-refractivity contribution >= 4 is 12.2 Å². The van der Waals surface area contributed by atoms with Crippen LogP contribution >= 0.6 is 0 Å². The molecule has 0 amide bonds. The van der Waals surface area contributed by atoms with E-state index < -0.39 is 5.97 Å². The zero-order valence-corrected chi connectivity index (χ0v) is 11.2. The van der Waals surface area contributed by atoms with Crippen molar-refractivity contribution in [3.63, 3.8) is 0 Å². The van der Waals surface area contributed by atoms with Crippen LogP contribution in [0.5, 0.6) is 11.5 Å². The quantitative estimate of drug-likeness (QED) is 0.491. The summed E-state index contributed by atoms with van der Waals surface area (Å²) in [5, 5.41) is 3.69. The van der Waals surface area contributed by atoms with E-state index in [-0.39, 0.29) is 13.2 Å². The number of carbonyl (C=O) groups is 1. The lowest BCUT2D eigenvalue weighted by Crippen LogP contribution is -2.04. The predicted molar refractivity (Wildman–Crippen MR) is 76.4 cm³/mol. The van der Waals surface area contributed by atoms with Crippen LogP contribution in [0.3, 0.4) is 0 Å². The molecular formula is C16H13NO4. The normalized spacial score (nSPS) is 12.6. The van der Waals surface area contributed by atoms with Gasteiger partial charge in [-0.25, -0.2) is 4.79 Å². The molecule has 0 saturated carbocycles.